The number of imidazole rings is 1. The molecule has 2 aliphatic rings. The summed E-state index contributed by atoms with van der Waals surface area (Å²) in [5, 5.41) is 0. The summed E-state index contributed by atoms with van der Waals surface area (Å²) in [4.78, 5) is 31.9. The van der Waals surface area contributed by atoms with Gasteiger partial charge in [-0.1, -0.05) is 0 Å². The van der Waals surface area contributed by atoms with Crippen molar-refractivity contribution in [2.45, 2.75) is 31.4 Å². The summed E-state index contributed by atoms with van der Waals surface area (Å²) >= 11 is 0. The van der Waals surface area contributed by atoms with Crippen molar-refractivity contribution in [3.8, 4) is 0 Å². The molecule has 0 bridgehead atoms. The van der Waals surface area contributed by atoms with Gasteiger partial charge in [0.2, 0.25) is 0 Å². The molecule has 2 aromatic rings. The van der Waals surface area contributed by atoms with Crippen molar-refractivity contribution in [2.24, 2.45) is 0 Å². The van der Waals surface area contributed by atoms with E-state index in [-0.39, 0.29) is 12.0 Å². The Bertz CT molecular complexity index is 800. The van der Waals surface area contributed by atoms with Crippen LogP contribution in [0.5, 0.6) is 0 Å². The minimum atomic E-state index is -0.462. The zero-order valence-electron chi connectivity index (χ0n) is 14.8. The molecule has 1 spiro atoms. The van der Waals surface area contributed by atoms with Crippen molar-refractivity contribution in [1.29, 1.82) is 0 Å². The molecule has 0 aliphatic carbocycles. The predicted octanol–water partition coefficient (Wildman–Crippen LogP) is 1.97. The molecule has 1 unspecified atom stereocenters. The number of likely N-dealkylation sites (N-methyl/N-ethyl adjacent to an activating group) is 1. The van der Waals surface area contributed by atoms with E-state index >= 15 is 0 Å². The molecule has 2 aliphatic heterocycles. The Hall–Kier alpha value is -2.77. The predicted molar refractivity (Wildman–Crippen MR) is 91.6 cm³/mol. The van der Waals surface area contributed by atoms with Crippen LogP contribution in [-0.4, -0.2) is 63.6 Å². The molecule has 0 radical (unpaired) electrons. The third kappa shape index (κ3) is 3.18. The van der Waals surface area contributed by atoms with E-state index in [9.17, 15) is 9.59 Å². The molecule has 2 amide bonds. The number of carbonyl (C=O) groups excluding carboxylic acids is 2. The van der Waals surface area contributed by atoms with E-state index < -0.39 is 5.60 Å². The molecule has 26 heavy (non-hydrogen) atoms. The molecule has 4 rings (SSSR count). The molecule has 138 valence electrons. The highest BCUT2D eigenvalue weighted by atomic mass is 16.6. The minimum Gasteiger partial charge on any atom is -0.454 e. The van der Waals surface area contributed by atoms with Gasteiger partial charge in [0.1, 0.15) is 11.4 Å². The number of carbonyl (C=O) groups is 2. The lowest BCUT2D eigenvalue weighted by Crippen LogP contribution is -2.36. The average Bonchev–Trinajstić information content (AvgIpc) is 3.31. The summed E-state index contributed by atoms with van der Waals surface area (Å²) in [7, 11) is 1.75. The van der Waals surface area contributed by atoms with Crippen LogP contribution in [0, 0.1) is 0 Å². The summed E-state index contributed by atoms with van der Waals surface area (Å²) in [5.74, 6) is 0.942. The van der Waals surface area contributed by atoms with Gasteiger partial charge in [-0.15, -0.1) is 0 Å². The number of ether oxygens (including phenoxy) is 1. The fourth-order valence-corrected chi connectivity index (χ4v) is 3.72. The zero-order valence-corrected chi connectivity index (χ0v) is 14.8. The molecule has 0 saturated carbocycles. The Morgan fingerprint density at radius 1 is 1.31 bits per heavy atom. The van der Waals surface area contributed by atoms with Crippen LogP contribution in [0.15, 0.2) is 35.3 Å². The van der Waals surface area contributed by atoms with Gasteiger partial charge in [0, 0.05) is 39.0 Å². The van der Waals surface area contributed by atoms with E-state index in [4.69, 9.17) is 9.15 Å². The first-order valence-corrected chi connectivity index (χ1v) is 8.83. The lowest BCUT2D eigenvalue weighted by Gasteiger charge is -2.25. The molecule has 0 aromatic carbocycles. The average molecular weight is 358 g/mol. The highest BCUT2D eigenvalue weighted by molar-refractivity contribution is 5.91. The van der Waals surface area contributed by atoms with Gasteiger partial charge in [-0.2, -0.15) is 0 Å². The van der Waals surface area contributed by atoms with Crippen LogP contribution in [0.2, 0.25) is 0 Å². The molecule has 2 fully saturated rings. The monoisotopic (exact) mass is 358 g/mol. The SMILES string of the molecule is CN1CC2(CCCN(C(=O)c3ccc(Cn4ccnc4)o3)CC2)OC1=O. The normalized spacial score (nSPS) is 23.3. The summed E-state index contributed by atoms with van der Waals surface area (Å²) in [6.45, 7) is 2.32. The number of aromatic nitrogens is 2. The van der Waals surface area contributed by atoms with Gasteiger partial charge in [0.05, 0.1) is 19.4 Å². The van der Waals surface area contributed by atoms with Crippen molar-refractivity contribution >= 4 is 12.0 Å². The van der Waals surface area contributed by atoms with E-state index in [0.717, 1.165) is 12.8 Å². The number of amides is 2. The molecule has 8 heteroatoms. The Kier molecular flexibility index (Phi) is 4.18. The largest absolute Gasteiger partial charge is 0.454 e. The van der Waals surface area contributed by atoms with Gasteiger partial charge >= 0.3 is 6.09 Å². The van der Waals surface area contributed by atoms with Crippen molar-refractivity contribution < 1.29 is 18.7 Å². The Morgan fingerprint density at radius 3 is 2.92 bits per heavy atom. The fraction of sp³-hybridized carbons (Fsp3) is 0.500. The van der Waals surface area contributed by atoms with Gasteiger partial charge in [-0.05, 0) is 25.0 Å². The second-order valence-corrected chi connectivity index (χ2v) is 7.05. The number of rotatable bonds is 3. The van der Waals surface area contributed by atoms with E-state index in [1.54, 1.807) is 35.4 Å². The fourth-order valence-electron chi connectivity index (χ4n) is 3.72. The highest BCUT2D eigenvalue weighted by Gasteiger charge is 2.44. The number of furan rings is 1. The van der Waals surface area contributed by atoms with Crippen LogP contribution in [0.1, 0.15) is 35.6 Å². The third-order valence-electron chi connectivity index (χ3n) is 5.10. The standard InChI is InChI=1S/C18H22N4O4/c1-20-12-18(26-17(20)24)5-2-8-22(9-6-18)16(23)15-4-3-14(25-15)11-21-10-7-19-13-21/h3-4,7,10,13H,2,5-6,8-9,11-12H2,1H3. The van der Waals surface area contributed by atoms with Gasteiger partial charge in [0.25, 0.3) is 5.91 Å². The van der Waals surface area contributed by atoms with Gasteiger partial charge in [0.15, 0.2) is 5.76 Å². The first-order valence-electron chi connectivity index (χ1n) is 8.83. The molecule has 8 nitrogen and oxygen atoms in total. The van der Waals surface area contributed by atoms with Crippen LogP contribution in [0.25, 0.3) is 0 Å². The Labute approximate surface area is 151 Å². The van der Waals surface area contributed by atoms with Crippen molar-refractivity contribution in [2.75, 3.05) is 26.7 Å². The van der Waals surface area contributed by atoms with Crippen molar-refractivity contribution in [3.05, 3.63) is 42.4 Å². The van der Waals surface area contributed by atoms with Gasteiger partial charge in [-0.3, -0.25) is 4.79 Å². The quantitative estimate of drug-likeness (QED) is 0.838. The van der Waals surface area contributed by atoms with E-state index in [2.05, 4.69) is 4.98 Å². The third-order valence-corrected chi connectivity index (χ3v) is 5.10. The molecule has 2 saturated heterocycles. The smallest absolute Gasteiger partial charge is 0.410 e. The minimum absolute atomic E-state index is 0.114. The maximum atomic E-state index is 12.8. The second-order valence-electron chi connectivity index (χ2n) is 7.05. The van der Waals surface area contributed by atoms with E-state index in [0.29, 0.717) is 44.1 Å². The molecule has 2 aromatic heterocycles. The number of nitrogens with zero attached hydrogens (tertiary/aromatic N) is 4. The maximum Gasteiger partial charge on any atom is 0.410 e. The molecular formula is C18H22N4O4. The summed E-state index contributed by atoms with van der Waals surface area (Å²) < 4.78 is 13.2. The molecular weight excluding hydrogens is 336 g/mol. The van der Waals surface area contributed by atoms with Crippen LogP contribution >= 0.6 is 0 Å². The van der Waals surface area contributed by atoms with Crippen LogP contribution < -0.4 is 0 Å². The summed E-state index contributed by atoms with van der Waals surface area (Å²) in [6, 6.07) is 3.54. The van der Waals surface area contributed by atoms with E-state index in [1.165, 1.54) is 0 Å². The van der Waals surface area contributed by atoms with Crippen LogP contribution in [0.4, 0.5) is 4.79 Å². The first kappa shape index (κ1) is 16.7. The highest BCUT2D eigenvalue weighted by Crippen LogP contribution is 2.33. The zero-order chi connectivity index (χ0) is 18.1. The van der Waals surface area contributed by atoms with E-state index in [1.807, 2.05) is 16.8 Å². The lowest BCUT2D eigenvalue weighted by molar-refractivity contribution is 0.0435. The topological polar surface area (TPSA) is 80.8 Å². The van der Waals surface area contributed by atoms with Gasteiger partial charge < -0.3 is 23.5 Å². The molecule has 0 N–H and O–H groups in total. The van der Waals surface area contributed by atoms with Crippen molar-refractivity contribution in [3.63, 3.8) is 0 Å². The molecule has 4 heterocycles. The van der Waals surface area contributed by atoms with Crippen molar-refractivity contribution in [1.82, 2.24) is 19.4 Å². The number of likely N-dealkylation sites (tertiary alicyclic amines) is 1. The summed E-state index contributed by atoms with van der Waals surface area (Å²) in [5.41, 5.74) is -0.462. The van der Waals surface area contributed by atoms with Crippen LogP contribution in [0.3, 0.4) is 0 Å². The Balaban J connectivity index is 1.41. The number of hydrogen-bond acceptors (Lipinski definition) is 5. The van der Waals surface area contributed by atoms with Crippen LogP contribution in [-0.2, 0) is 11.3 Å². The second kappa shape index (κ2) is 6.51. The number of hydrogen-bond donors (Lipinski definition) is 0. The lowest BCUT2D eigenvalue weighted by atomic mass is 9.95. The maximum absolute atomic E-state index is 12.8. The first-order chi connectivity index (χ1) is 12.5. The Morgan fingerprint density at radius 2 is 2.19 bits per heavy atom. The molecule has 1 atom stereocenters. The summed E-state index contributed by atoms with van der Waals surface area (Å²) in [6.07, 6.45) is 7.20. The van der Waals surface area contributed by atoms with Gasteiger partial charge in [-0.25, -0.2) is 9.78 Å².